The van der Waals surface area contributed by atoms with E-state index in [2.05, 4.69) is 19.7 Å². The predicted molar refractivity (Wildman–Crippen MR) is 85.7 cm³/mol. The first-order chi connectivity index (χ1) is 11.7. The summed E-state index contributed by atoms with van der Waals surface area (Å²) < 4.78 is 13.1. The number of hydrogen-bond donors (Lipinski definition) is 0. The summed E-state index contributed by atoms with van der Waals surface area (Å²) in [6.45, 7) is 4.75. The Balaban J connectivity index is 1.47. The lowest BCUT2D eigenvalue weighted by atomic mass is 10.1. The van der Waals surface area contributed by atoms with Crippen LogP contribution in [0.5, 0.6) is 0 Å². The third-order valence-electron chi connectivity index (χ3n) is 4.76. The topological polar surface area (TPSA) is 73.4 Å². The van der Waals surface area contributed by atoms with Gasteiger partial charge in [0.25, 0.3) is 0 Å². The fourth-order valence-electron chi connectivity index (χ4n) is 3.35. The summed E-state index contributed by atoms with van der Waals surface area (Å²) >= 11 is 0. The smallest absolute Gasteiger partial charge is 0.199 e. The maximum Gasteiger partial charge on any atom is 0.199 e. The Morgan fingerprint density at radius 2 is 2.25 bits per heavy atom. The molecule has 1 aliphatic carbocycles. The van der Waals surface area contributed by atoms with Gasteiger partial charge in [-0.1, -0.05) is 0 Å². The van der Waals surface area contributed by atoms with E-state index in [0.717, 1.165) is 18.2 Å². The summed E-state index contributed by atoms with van der Waals surface area (Å²) in [5.41, 5.74) is 0. The molecule has 7 heteroatoms. The summed E-state index contributed by atoms with van der Waals surface area (Å²) in [7, 11) is 0. The van der Waals surface area contributed by atoms with Crippen molar-refractivity contribution >= 4 is 5.78 Å². The van der Waals surface area contributed by atoms with E-state index in [1.807, 2.05) is 6.92 Å². The van der Waals surface area contributed by atoms with Gasteiger partial charge in [0.15, 0.2) is 11.5 Å². The first kappa shape index (κ1) is 15.5. The number of ether oxygens (including phenoxy) is 1. The number of aromatic nitrogens is 3. The number of morpholine rings is 1. The van der Waals surface area contributed by atoms with Gasteiger partial charge >= 0.3 is 0 Å². The number of nitrogens with zero attached hydrogens (tertiary/aromatic N) is 4. The van der Waals surface area contributed by atoms with Crippen LogP contribution in [0.25, 0.3) is 0 Å². The van der Waals surface area contributed by atoms with Crippen molar-refractivity contribution in [3.63, 3.8) is 0 Å². The highest BCUT2D eigenvalue weighted by Gasteiger charge is 2.31. The Bertz CT molecular complexity index is 705. The Hall–Kier alpha value is -1.99. The number of aryl methyl sites for hydroxylation is 1. The molecule has 0 N–H and O–H groups in total. The van der Waals surface area contributed by atoms with Crippen LogP contribution in [-0.2, 0) is 11.3 Å². The van der Waals surface area contributed by atoms with Crippen LogP contribution in [0.15, 0.2) is 22.8 Å². The number of hydrogen-bond acceptors (Lipinski definition) is 6. The number of furan rings is 1. The molecule has 0 bridgehead atoms. The Morgan fingerprint density at radius 3 is 3.00 bits per heavy atom. The van der Waals surface area contributed by atoms with Gasteiger partial charge in [-0.15, -0.1) is 10.2 Å². The van der Waals surface area contributed by atoms with Gasteiger partial charge in [-0.3, -0.25) is 9.69 Å². The molecule has 1 atom stereocenters. The number of carbonyl (C=O) groups excluding carboxylic acids is 1. The molecule has 4 rings (SSSR count). The summed E-state index contributed by atoms with van der Waals surface area (Å²) in [4.78, 5) is 14.6. The van der Waals surface area contributed by atoms with Gasteiger partial charge in [-0.25, -0.2) is 0 Å². The van der Waals surface area contributed by atoms with Crippen LogP contribution in [0.3, 0.4) is 0 Å². The molecule has 7 nitrogen and oxygen atoms in total. The molecule has 2 aromatic rings. The van der Waals surface area contributed by atoms with Crippen molar-refractivity contribution in [1.82, 2.24) is 19.7 Å². The van der Waals surface area contributed by atoms with Gasteiger partial charge in [-0.05, 0) is 31.9 Å². The molecule has 0 aromatic carbocycles. The second kappa shape index (κ2) is 6.49. The van der Waals surface area contributed by atoms with Crippen molar-refractivity contribution in [3.05, 3.63) is 35.8 Å². The quantitative estimate of drug-likeness (QED) is 0.754. The molecule has 24 heavy (non-hydrogen) atoms. The molecule has 128 valence electrons. The zero-order chi connectivity index (χ0) is 16.5. The SMILES string of the molecule is Cc1nnc(CN2CCOC[C@@H]2CC(=O)c2ccco2)n1C1CC1. The summed E-state index contributed by atoms with van der Waals surface area (Å²) in [6.07, 6.45) is 4.33. The highest BCUT2D eigenvalue weighted by Crippen LogP contribution is 2.36. The van der Waals surface area contributed by atoms with Gasteiger partial charge in [0.2, 0.25) is 0 Å². The van der Waals surface area contributed by atoms with Crippen molar-refractivity contribution < 1.29 is 13.9 Å². The number of rotatable bonds is 6. The van der Waals surface area contributed by atoms with Crippen molar-refractivity contribution in [2.75, 3.05) is 19.8 Å². The molecular weight excluding hydrogens is 308 g/mol. The highest BCUT2D eigenvalue weighted by atomic mass is 16.5. The van der Waals surface area contributed by atoms with E-state index in [4.69, 9.17) is 9.15 Å². The lowest BCUT2D eigenvalue weighted by Gasteiger charge is -2.34. The van der Waals surface area contributed by atoms with E-state index in [1.165, 1.54) is 19.1 Å². The highest BCUT2D eigenvalue weighted by molar-refractivity contribution is 5.93. The summed E-state index contributed by atoms with van der Waals surface area (Å²) in [5, 5.41) is 8.60. The van der Waals surface area contributed by atoms with Crippen LogP contribution in [-0.4, -0.2) is 51.2 Å². The second-order valence-electron chi connectivity index (χ2n) is 6.57. The van der Waals surface area contributed by atoms with Crippen LogP contribution >= 0.6 is 0 Å². The lowest BCUT2D eigenvalue weighted by Crippen LogP contribution is -2.46. The van der Waals surface area contributed by atoms with Crippen molar-refractivity contribution in [3.8, 4) is 0 Å². The zero-order valence-corrected chi connectivity index (χ0v) is 13.9. The van der Waals surface area contributed by atoms with Crippen molar-refractivity contribution in [1.29, 1.82) is 0 Å². The normalized spacial score (nSPS) is 22.0. The minimum atomic E-state index is 0.0142. The summed E-state index contributed by atoms with van der Waals surface area (Å²) in [6, 6.07) is 4.05. The molecule has 1 saturated heterocycles. The van der Waals surface area contributed by atoms with E-state index >= 15 is 0 Å². The monoisotopic (exact) mass is 330 g/mol. The van der Waals surface area contributed by atoms with Crippen LogP contribution in [0.2, 0.25) is 0 Å². The molecule has 0 spiro atoms. The van der Waals surface area contributed by atoms with Crippen LogP contribution in [0.4, 0.5) is 0 Å². The van der Waals surface area contributed by atoms with Gasteiger partial charge in [-0.2, -0.15) is 0 Å². The van der Waals surface area contributed by atoms with Gasteiger partial charge in [0, 0.05) is 25.0 Å². The Morgan fingerprint density at radius 1 is 1.38 bits per heavy atom. The van der Waals surface area contributed by atoms with E-state index in [9.17, 15) is 4.79 Å². The molecule has 0 unspecified atom stereocenters. The minimum absolute atomic E-state index is 0.0142. The van der Waals surface area contributed by atoms with Crippen LogP contribution in [0, 0.1) is 6.92 Å². The predicted octanol–water partition coefficient (Wildman–Crippen LogP) is 1.99. The molecule has 1 aliphatic heterocycles. The van der Waals surface area contributed by atoms with Crippen molar-refractivity contribution in [2.24, 2.45) is 0 Å². The Labute approximate surface area is 140 Å². The molecule has 2 aromatic heterocycles. The first-order valence-electron chi connectivity index (χ1n) is 8.51. The standard InChI is InChI=1S/C17H22N4O3/c1-12-18-19-17(21(12)13-4-5-13)10-20-6-8-23-11-14(20)9-15(22)16-3-2-7-24-16/h2-3,7,13-14H,4-6,8-11H2,1H3/t14-/m0/s1. The molecule has 0 amide bonds. The number of ketones is 1. The van der Waals surface area contributed by atoms with Crippen LogP contribution in [0.1, 0.15) is 47.5 Å². The minimum Gasteiger partial charge on any atom is -0.461 e. The van der Waals surface area contributed by atoms with E-state index in [-0.39, 0.29) is 11.8 Å². The van der Waals surface area contributed by atoms with Crippen molar-refractivity contribution in [2.45, 2.75) is 44.8 Å². The fourth-order valence-corrected chi connectivity index (χ4v) is 3.35. The van der Waals surface area contributed by atoms with E-state index < -0.39 is 0 Å². The maximum absolute atomic E-state index is 12.4. The van der Waals surface area contributed by atoms with Gasteiger partial charge in [0.1, 0.15) is 11.6 Å². The summed E-state index contributed by atoms with van der Waals surface area (Å²) in [5.74, 6) is 2.40. The molecule has 3 heterocycles. The van der Waals surface area contributed by atoms with E-state index in [1.54, 1.807) is 12.1 Å². The zero-order valence-electron chi connectivity index (χ0n) is 13.9. The molecule has 2 fully saturated rings. The van der Waals surface area contributed by atoms with Crippen LogP contribution < -0.4 is 0 Å². The molecule has 2 aliphatic rings. The van der Waals surface area contributed by atoms with E-state index in [0.29, 0.717) is 38.0 Å². The number of Topliss-reactive ketones (excluding diaryl/α,β-unsaturated/α-hetero) is 1. The molecular formula is C17H22N4O3. The fraction of sp³-hybridized carbons (Fsp3) is 0.588. The largest absolute Gasteiger partial charge is 0.461 e. The third kappa shape index (κ3) is 3.14. The Kier molecular flexibility index (Phi) is 4.20. The molecule has 1 saturated carbocycles. The molecule has 0 radical (unpaired) electrons. The second-order valence-corrected chi connectivity index (χ2v) is 6.57. The van der Waals surface area contributed by atoms with Gasteiger partial charge in [0.05, 0.1) is 26.0 Å². The average molecular weight is 330 g/mol. The lowest BCUT2D eigenvalue weighted by molar-refractivity contribution is -0.0143. The first-order valence-corrected chi connectivity index (χ1v) is 8.51. The third-order valence-corrected chi connectivity index (χ3v) is 4.76. The van der Waals surface area contributed by atoms with Gasteiger partial charge < -0.3 is 13.7 Å². The average Bonchev–Trinajstić information content (AvgIpc) is 3.12. The number of carbonyl (C=O) groups is 1. The maximum atomic E-state index is 12.4.